The van der Waals surface area contributed by atoms with E-state index in [1.807, 2.05) is 0 Å². The molecule has 0 bridgehead atoms. The molecule has 21 heavy (non-hydrogen) atoms. The number of para-hydroxylation sites is 1. The van der Waals surface area contributed by atoms with Crippen molar-refractivity contribution in [1.82, 2.24) is 4.98 Å². The van der Waals surface area contributed by atoms with Crippen molar-refractivity contribution in [2.75, 3.05) is 0 Å². The number of ether oxygens (including phenoxy) is 1. The summed E-state index contributed by atoms with van der Waals surface area (Å²) < 4.78 is 10.5. The molecule has 0 aliphatic rings. The van der Waals surface area contributed by atoms with Crippen LogP contribution in [0.15, 0.2) is 63.9 Å². The number of nitrogens with zero attached hydrogens (tertiary/aromatic N) is 1. The van der Waals surface area contributed by atoms with Crippen molar-refractivity contribution in [1.29, 1.82) is 0 Å². The monoisotopic (exact) mass is 281 g/mol. The van der Waals surface area contributed by atoms with Crippen molar-refractivity contribution in [3.8, 4) is 0 Å². The van der Waals surface area contributed by atoms with Crippen LogP contribution in [0, 0.1) is 0 Å². The van der Waals surface area contributed by atoms with Crippen LogP contribution in [0.5, 0.6) is 0 Å². The van der Waals surface area contributed by atoms with Crippen LogP contribution in [0.2, 0.25) is 0 Å². The minimum atomic E-state index is -0.691. The average molecular weight is 281 g/mol. The summed E-state index contributed by atoms with van der Waals surface area (Å²) in [5, 5.41) is 0.429. The van der Waals surface area contributed by atoms with E-state index in [-0.39, 0.29) is 17.8 Å². The van der Waals surface area contributed by atoms with Gasteiger partial charge < -0.3 is 9.15 Å². The fraction of sp³-hybridized carbons (Fsp3) is 0.0625. The highest BCUT2D eigenvalue weighted by Gasteiger charge is 2.13. The van der Waals surface area contributed by atoms with Crippen LogP contribution in [0.4, 0.5) is 0 Å². The first-order valence-corrected chi connectivity index (χ1v) is 6.34. The summed E-state index contributed by atoms with van der Waals surface area (Å²) in [6, 6.07) is 13.2. The van der Waals surface area contributed by atoms with E-state index in [9.17, 15) is 9.59 Å². The van der Waals surface area contributed by atoms with E-state index < -0.39 is 5.97 Å². The van der Waals surface area contributed by atoms with Gasteiger partial charge in [0.25, 0.3) is 0 Å². The Balaban J connectivity index is 1.83. The fourth-order valence-electron chi connectivity index (χ4n) is 1.90. The molecule has 0 spiro atoms. The van der Waals surface area contributed by atoms with Crippen LogP contribution in [-0.4, -0.2) is 11.0 Å². The zero-order chi connectivity index (χ0) is 14.7. The highest BCUT2D eigenvalue weighted by Crippen LogP contribution is 2.12. The Morgan fingerprint density at radius 2 is 1.95 bits per heavy atom. The van der Waals surface area contributed by atoms with Gasteiger partial charge in [0.2, 0.25) is 5.76 Å². The second-order valence-corrected chi connectivity index (χ2v) is 4.37. The topological polar surface area (TPSA) is 69.4 Å². The van der Waals surface area contributed by atoms with E-state index >= 15 is 0 Å². The Kier molecular flexibility index (Phi) is 3.47. The first kappa shape index (κ1) is 13.1. The lowest BCUT2D eigenvalue weighted by atomic mass is 10.2. The third-order valence-corrected chi connectivity index (χ3v) is 2.91. The van der Waals surface area contributed by atoms with Gasteiger partial charge in [0.15, 0.2) is 5.43 Å². The van der Waals surface area contributed by atoms with Crippen LogP contribution >= 0.6 is 0 Å². The van der Waals surface area contributed by atoms with Gasteiger partial charge in [-0.15, -0.1) is 0 Å². The Labute approximate surface area is 119 Å². The lowest BCUT2D eigenvalue weighted by Crippen LogP contribution is -2.10. The highest BCUT2D eigenvalue weighted by molar-refractivity contribution is 5.88. The summed E-state index contributed by atoms with van der Waals surface area (Å²) in [7, 11) is 0. The molecule has 0 atom stereocenters. The Morgan fingerprint density at radius 1 is 1.14 bits per heavy atom. The van der Waals surface area contributed by atoms with Gasteiger partial charge in [-0.05, 0) is 24.3 Å². The first-order chi connectivity index (χ1) is 10.2. The quantitative estimate of drug-likeness (QED) is 0.690. The molecule has 0 fully saturated rings. The van der Waals surface area contributed by atoms with Gasteiger partial charge in [-0.25, -0.2) is 4.79 Å². The third kappa shape index (κ3) is 2.81. The molecule has 2 aromatic heterocycles. The molecule has 3 rings (SSSR count). The van der Waals surface area contributed by atoms with E-state index in [0.29, 0.717) is 16.7 Å². The SMILES string of the molecule is O=C(OCc1ccccn1)c1cc(=O)c2ccccc2o1. The summed E-state index contributed by atoms with van der Waals surface area (Å²) in [6.07, 6.45) is 1.61. The van der Waals surface area contributed by atoms with E-state index in [1.54, 1.807) is 48.7 Å². The van der Waals surface area contributed by atoms with E-state index in [4.69, 9.17) is 9.15 Å². The molecule has 0 amide bonds. The molecule has 1 aromatic carbocycles. The van der Waals surface area contributed by atoms with Gasteiger partial charge in [-0.3, -0.25) is 9.78 Å². The Morgan fingerprint density at radius 3 is 2.76 bits per heavy atom. The molecule has 0 aliphatic heterocycles. The normalized spacial score (nSPS) is 10.5. The number of esters is 1. The molecule has 0 unspecified atom stereocenters. The number of fused-ring (bicyclic) bond motifs is 1. The average Bonchev–Trinajstić information content (AvgIpc) is 2.53. The Bertz CT molecular complexity index is 840. The first-order valence-electron chi connectivity index (χ1n) is 6.34. The molecule has 0 saturated heterocycles. The smallest absolute Gasteiger partial charge is 0.374 e. The minimum Gasteiger partial charge on any atom is -0.453 e. The predicted molar refractivity (Wildman–Crippen MR) is 75.8 cm³/mol. The second-order valence-electron chi connectivity index (χ2n) is 4.37. The lowest BCUT2D eigenvalue weighted by Gasteiger charge is -2.04. The zero-order valence-electron chi connectivity index (χ0n) is 11.0. The largest absolute Gasteiger partial charge is 0.453 e. The molecular weight excluding hydrogens is 270 g/mol. The number of hydrogen-bond donors (Lipinski definition) is 0. The Hall–Kier alpha value is -2.95. The van der Waals surface area contributed by atoms with Crippen LogP contribution in [0.25, 0.3) is 11.0 Å². The maximum Gasteiger partial charge on any atom is 0.374 e. The van der Waals surface area contributed by atoms with E-state index in [1.165, 1.54) is 0 Å². The van der Waals surface area contributed by atoms with Crippen molar-refractivity contribution in [2.24, 2.45) is 0 Å². The summed E-state index contributed by atoms with van der Waals surface area (Å²) in [5.74, 6) is -0.807. The molecule has 0 N–H and O–H groups in total. The number of carbonyl (C=O) groups excluding carboxylic acids is 1. The van der Waals surface area contributed by atoms with Gasteiger partial charge in [0, 0.05) is 12.3 Å². The molecule has 0 radical (unpaired) electrons. The number of benzene rings is 1. The predicted octanol–water partition coefficient (Wildman–Crippen LogP) is 2.55. The molecule has 2 heterocycles. The van der Waals surface area contributed by atoms with Crippen molar-refractivity contribution in [2.45, 2.75) is 6.61 Å². The minimum absolute atomic E-state index is 0.0240. The highest BCUT2D eigenvalue weighted by atomic mass is 16.5. The number of rotatable bonds is 3. The molecule has 5 heteroatoms. The summed E-state index contributed by atoms with van der Waals surface area (Å²) in [5.41, 5.74) is 0.699. The van der Waals surface area contributed by atoms with Crippen LogP contribution in [0.3, 0.4) is 0 Å². The maximum absolute atomic E-state index is 11.9. The number of pyridine rings is 1. The van der Waals surface area contributed by atoms with Crippen molar-refractivity contribution in [3.05, 3.63) is 76.4 Å². The van der Waals surface area contributed by atoms with E-state index in [2.05, 4.69) is 4.98 Å². The number of aromatic nitrogens is 1. The van der Waals surface area contributed by atoms with E-state index in [0.717, 1.165) is 6.07 Å². The van der Waals surface area contributed by atoms with Crippen LogP contribution < -0.4 is 5.43 Å². The molecule has 5 nitrogen and oxygen atoms in total. The fourth-order valence-corrected chi connectivity index (χ4v) is 1.90. The molecule has 104 valence electrons. The van der Waals surface area contributed by atoms with Gasteiger partial charge in [-0.1, -0.05) is 18.2 Å². The van der Waals surface area contributed by atoms with Gasteiger partial charge in [0.1, 0.15) is 12.2 Å². The summed E-state index contributed by atoms with van der Waals surface area (Å²) in [4.78, 5) is 27.9. The number of carbonyl (C=O) groups is 1. The number of hydrogen-bond acceptors (Lipinski definition) is 5. The lowest BCUT2D eigenvalue weighted by molar-refractivity contribution is 0.0431. The molecule has 0 aliphatic carbocycles. The van der Waals surface area contributed by atoms with Crippen LogP contribution in [0.1, 0.15) is 16.2 Å². The second kappa shape index (κ2) is 5.58. The molecule has 0 saturated carbocycles. The van der Waals surface area contributed by atoms with Gasteiger partial charge in [-0.2, -0.15) is 0 Å². The molecule has 3 aromatic rings. The molecular formula is C16H11NO4. The maximum atomic E-state index is 11.9. The van der Waals surface area contributed by atoms with Crippen molar-refractivity contribution in [3.63, 3.8) is 0 Å². The van der Waals surface area contributed by atoms with Crippen molar-refractivity contribution >= 4 is 16.9 Å². The van der Waals surface area contributed by atoms with Gasteiger partial charge >= 0.3 is 5.97 Å². The summed E-state index contributed by atoms with van der Waals surface area (Å²) >= 11 is 0. The van der Waals surface area contributed by atoms with Crippen molar-refractivity contribution < 1.29 is 13.9 Å². The standard InChI is InChI=1S/C16H11NO4/c18-13-9-15(21-14-7-2-1-6-12(13)14)16(19)20-10-11-5-3-4-8-17-11/h1-9H,10H2. The van der Waals surface area contributed by atoms with Crippen LogP contribution in [-0.2, 0) is 11.3 Å². The van der Waals surface area contributed by atoms with Gasteiger partial charge in [0.05, 0.1) is 11.1 Å². The third-order valence-electron chi connectivity index (χ3n) is 2.91. The summed E-state index contributed by atoms with van der Waals surface area (Å²) in [6.45, 7) is 0.0240. The zero-order valence-corrected chi connectivity index (χ0v) is 11.0.